The van der Waals surface area contributed by atoms with Crippen LogP contribution in [-0.2, 0) is 11.2 Å². The first kappa shape index (κ1) is 16.9. The number of benzene rings is 1. The van der Waals surface area contributed by atoms with Gasteiger partial charge < -0.3 is 5.32 Å². The van der Waals surface area contributed by atoms with Gasteiger partial charge in [-0.1, -0.05) is 18.2 Å². The van der Waals surface area contributed by atoms with Crippen molar-refractivity contribution in [1.29, 1.82) is 0 Å². The van der Waals surface area contributed by atoms with Crippen molar-refractivity contribution < 1.29 is 4.79 Å². The highest BCUT2D eigenvalue weighted by atomic mass is 79.9. The molecule has 4 rings (SSSR count). The van der Waals surface area contributed by atoms with E-state index in [0.717, 1.165) is 37.2 Å². The molecule has 130 valence electrons. The van der Waals surface area contributed by atoms with Crippen LogP contribution in [0.5, 0.6) is 0 Å². The van der Waals surface area contributed by atoms with Gasteiger partial charge in [-0.3, -0.25) is 14.9 Å². The lowest BCUT2D eigenvalue weighted by Crippen LogP contribution is -2.14. The third kappa shape index (κ3) is 3.38. The quantitative estimate of drug-likeness (QED) is 0.507. The van der Waals surface area contributed by atoms with Crippen LogP contribution in [0.1, 0.15) is 11.3 Å². The molecule has 3 heterocycles. The van der Waals surface area contributed by atoms with Gasteiger partial charge in [0.15, 0.2) is 5.82 Å². The number of nitrogens with one attached hydrogen (secondary N) is 2. The number of fused-ring (bicyclic) bond motifs is 1. The summed E-state index contributed by atoms with van der Waals surface area (Å²) in [5.41, 5.74) is 3.58. The second-order valence-corrected chi connectivity index (χ2v) is 7.56. The molecule has 0 bridgehead atoms. The molecule has 3 aromatic heterocycles. The standard InChI is InChI=1S/C18H14BrN5OS/c1-10-2-4-12-5-3-11(6-14(12)22-10)7-15(25)23-18-16(13(19)8-26-18)17-20-9-21-24-17/h2-6,8-9H,7H2,1H3,(H,23,25)(H,20,21,24). The molecule has 0 aliphatic rings. The number of hydrogen-bond acceptors (Lipinski definition) is 5. The van der Waals surface area contributed by atoms with E-state index in [2.05, 4.69) is 41.4 Å². The molecule has 6 nitrogen and oxygen atoms in total. The minimum atomic E-state index is -0.0906. The molecular formula is C18H14BrN5OS. The van der Waals surface area contributed by atoms with E-state index in [4.69, 9.17) is 0 Å². The molecular weight excluding hydrogens is 414 g/mol. The summed E-state index contributed by atoms with van der Waals surface area (Å²) in [5, 5.41) is 13.4. The summed E-state index contributed by atoms with van der Waals surface area (Å²) >= 11 is 4.93. The van der Waals surface area contributed by atoms with Gasteiger partial charge >= 0.3 is 0 Å². The van der Waals surface area contributed by atoms with Crippen molar-refractivity contribution in [3.8, 4) is 11.4 Å². The highest BCUT2D eigenvalue weighted by Gasteiger charge is 2.17. The second-order valence-electron chi connectivity index (χ2n) is 5.83. The lowest BCUT2D eigenvalue weighted by atomic mass is 10.1. The largest absolute Gasteiger partial charge is 0.317 e. The fourth-order valence-electron chi connectivity index (χ4n) is 2.71. The van der Waals surface area contributed by atoms with Crippen molar-refractivity contribution in [3.63, 3.8) is 0 Å². The van der Waals surface area contributed by atoms with Crippen LogP contribution in [0.2, 0.25) is 0 Å². The summed E-state index contributed by atoms with van der Waals surface area (Å²) in [6.07, 6.45) is 1.71. The molecule has 8 heteroatoms. The highest BCUT2D eigenvalue weighted by Crippen LogP contribution is 2.38. The third-order valence-corrected chi connectivity index (χ3v) is 5.74. The number of pyridine rings is 1. The minimum Gasteiger partial charge on any atom is -0.317 e. The molecule has 0 saturated heterocycles. The Labute approximate surface area is 161 Å². The Morgan fingerprint density at radius 1 is 1.31 bits per heavy atom. The number of halogens is 1. The Balaban J connectivity index is 1.55. The van der Waals surface area contributed by atoms with Gasteiger partial charge in [-0.25, -0.2) is 4.98 Å². The highest BCUT2D eigenvalue weighted by molar-refractivity contribution is 9.10. The normalized spacial score (nSPS) is 11.0. The number of thiophene rings is 1. The second kappa shape index (κ2) is 6.97. The van der Waals surface area contributed by atoms with Crippen LogP contribution < -0.4 is 5.32 Å². The number of aromatic nitrogens is 4. The van der Waals surface area contributed by atoms with Crippen LogP contribution in [0.3, 0.4) is 0 Å². The van der Waals surface area contributed by atoms with E-state index in [1.165, 1.54) is 17.7 Å². The predicted octanol–water partition coefficient (Wildman–Crippen LogP) is 4.33. The zero-order chi connectivity index (χ0) is 18.1. The van der Waals surface area contributed by atoms with E-state index in [1.54, 1.807) is 0 Å². The Morgan fingerprint density at radius 2 is 2.15 bits per heavy atom. The topological polar surface area (TPSA) is 83.6 Å². The van der Waals surface area contributed by atoms with Gasteiger partial charge in [0.1, 0.15) is 11.3 Å². The van der Waals surface area contributed by atoms with E-state index in [0.29, 0.717) is 5.82 Å². The van der Waals surface area contributed by atoms with Crippen molar-refractivity contribution in [2.24, 2.45) is 0 Å². The number of rotatable bonds is 4. The van der Waals surface area contributed by atoms with Crippen LogP contribution in [0, 0.1) is 6.92 Å². The first-order valence-electron chi connectivity index (χ1n) is 7.89. The van der Waals surface area contributed by atoms with Crippen LogP contribution >= 0.6 is 27.3 Å². The van der Waals surface area contributed by atoms with E-state index >= 15 is 0 Å². The lowest BCUT2D eigenvalue weighted by molar-refractivity contribution is -0.115. The predicted molar refractivity (Wildman–Crippen MR) is 106 cm³/mol. The van der Waals surface area contributed by atoms with Gasteiger partial charge in [-0.2, -0.15) is 5.10 Å². The molecule has 2 N–H and O–H groups in total. The molecule has 0 aliphatic carbocycles. The number of nitrogens with zero attached hydrogens (tertiary/aromatic N) is 3. The maximum absolute atomic E-state index is 12.5. The van der Waals surface area contributed by atoms with Crippen molar-refractivity contribution >= 4 is 49.1 Å². The smallest absolute Gasteiger partial charge is 0.229 e. The summed E-state index contributed by atoms with van der Waals surface area (Å²) in [5.74, 6) is 0.519. The maximum Gasteiger partial charge on any atom is 0.229 e. The van der Waals surface area contributed by atoms with E-state index in [9.17, 15) is 4.79 Å². The number of hydrogen-bond donors (Lipinski definition) is 2. The number of carbonyl (C=O) groups excluding carboxylic acids is 1. The monoisotopic (exact) mass is 427 g/mol. The Morgan fingerprint density at radius 3 is 2.96 bits per heavy atom. The summed E-state index contributed by atoms with van der Waals surface area (Å²) < 4.78 is 0.861. The molecule has 0 spiro atoms. The lowest BCUT2D eigenvalue weighted by Gasteiger charge is -2.07. The molecule has 0 aliphatic heterocycles. The van der Waals surface area contributed by atoms with Crippen LogP contribution in [0.4, 0.5) is 5.00 Å². The zero-order valence-electron chi connectivity index (χ0n) is 13.8. The molecule has 0 radical (unpaired) electrons. The van der Waals surface area contributed by atoms with E-state index in [-0.39, 0.29) is 12.3 Å². The number of aryl methyl sites for hydroxylation is 1. The molecule has 26 heavy (non-hydrogen) atoms. The van der Waals surface area contributed by atoms with Crippen LogP contribution in [-0.4, -0.2) is 26.1 Å². The number of carbonyl (C=O) groups is 1. The SMILES string of the molecule is Cc1ccc2ccc(CC(=O)Nc3scc(Br)c3-c3ncn[nH]3)cc2n1. The summed E-state index contributed by atoms with van der Waals surface area (Å²) in [4.78, 5) is 21.2. The van der Waals surface area contributed by atoms with E-state index < -0.39 is 0 Å². The van der Waals surface area contributed by atoms with Gasteiger partial charge in [-0.05, 0) is 40.5 Å². The summed E-state index contributed by atoms with van der Waals surface area (Å²) in [7, 11) is 0. The number of amides is 1. The summed E-state index contributed by atoms with van der Waals surface area (Å²) in [6, 6.07) is 9.93. The average molecular weight is 428 g/mol. The van der Waals surface area contributed by atoms with Gasteiger partial charge in [0, 0.05) is 20.9 Å². The number of anilines is 1. The molecule has 4 aromatic rings. The minimum absolute atomic E-state index is 0.0906. The molecule has 1 amide bonds. The molecule has 0 atom stereocenters. The maximum atomic E-state index is 12.5. The van der Waals surface area contributed by atoms with Gasteiger partial charge in [0.25, 0.3) is 0 Å². The Kier molecular flexibility index (Phi) is 4.52. The Hall–Kier alpha value is -2.58. The number of aromatic amines is 1. The van der Waals surface area contributed by atoms with Crippen LogP contribution in [0.25, 0.3) is 22.3 Å². The Bertz CT molecular complexity index is 1090. The molecule has 1 aromatic carbocycles. The van der Waals surface area contributed by atoms with Crippen molar-refractivity contribution in [1.82, 2.24) is 20.2 Å². The van der Waals surface area contributed by atoms with Crippen molar-refractivity contribution in [3.05, 3.63) is 57.8 Å². The molecule has 0 unspecified atom stereocenters. The average Bonchev–Trinajstić information content (AvgIpc) is 3.24. The van der Waals surface area contributed by atoms with Gasteiger partial charge in [-0.15, -0.1) is 11.3 Å². The van der Waals surface area contributed by atoms with Gasteiger partial charge in [0.2, 0.25) is 5.91 Å². The molecule has 0 saturated carbocycles. The third-order valence-electron chi connectivity index (χ3n) is 3.91. The fourth-order valence-corrected chi connectivity index (χ4v) is 4.34. The number of H-pyrrole nitrogens is 1. The van der Waals surface area contributed by atoms with E-state index in [1.807, 2.05) is 42.6 Å². The summed E-state index contributed by atoms with van der Waals surface area (Å²) in [6.45, 7) is 1.96. The fraction of sp³-hybridized carbons (Fsp3) is 0.111. The first-order chi connectivity index (χ1) is 12.6. The van der Waals surface area contributed by atoms with Crippen molar-refractivity contribution in [2.75, 3.05) is 5.32 Å². The first-order valence-corrected chi connectivity index (χ1v) is 9.56. The van der Waals surface area contributed by atoms with Gasteiger partial charge in [0.05, 0.1) is 17.5 Å². The zero-order valence-corrected chi connectivity index (χ0v) is 16.2. The van der Waals surface area contributed by atoms with Crippen LogP contribution in [0.15, 0.2) is 46.5 Å². The van der Waals surface area contributed by atoms with Crippen molar-refractivity contribution in [2.45, 2.75) is 13.3 Å². The molecule has 0 fully saturated rings.